The molecule has 0 fully saturated rings. The molecule has 2 rings (SSSR count). The number of aromatic nitrogens is 2. The van der Waals surface area contributed by atoms with Crippen molar-refractivity contribution in [3.63, 3.8) is 0 Å². The van der Waals surface area contributed by atoms with Gasteiger partial charge in [0.15, 0.2) is 0 Å². The molecule has 1 unspecified atom stereocenters. The van der Waals surface area contributed by atoms with E-state index >= 15 is 0 Å². The number of imidazole rings is 1. The number of benzene rings is 1. The smallest absolute Gasteiger partial charge is 0.319 e. The van der Waals surface area contributed by atoms with Crippen molar-refractivity contribution < 1.29 is 13.9 Å². The van der Waals surface area contributed by atoms with Crippen LogP contribution in [0.25, 0.3) is 0 Å². The Labute approximate surface area is 122 Å². The fourth-order valence-electron chi connectivity index (χ4n) is 2.42. The van der Waals surface area contributed by atoms with Crippen LogP contribution < -0.4 is 0 Å². The number of rotatable bonds is 7. The zero-order chi connectivity index (χ0) is 15.2. The highest BCUT2D eigenvalue weighted by molar-refractivity contribution is 5.19. The van der Waals surface area contributed by atoms with Gasteiger partial charge in [-0.05, 0) is 19.0 Å². The summed E-state index contributed by atoms with van der Waals surface area (Å²) in [6.07, 6.45) is 3.19. The topological polar surface area (TPSA) is 41.3 Å². The van der Waals surface area contributed by atoms with Crippen LogP contribution in [-0.2, 0) is 6.54 Å². The maximum Gasteiger partial charge on any atom is 0.319 e. The second-order valence-corrected chi connectivity index (χ2v) is 4.88. The van der Waals surface area contributed by atoms with Crippen molar-refractivity contribution in [1.82, 2.24) is 14.5 Å². The van der Waals surface area contributed by atoms with Crippen molar-refractivity contribution in [2.45, 2.75) is 25.6 Å². The zero-order valence-electron chi connectivity index (χ0n) is 11.9. The van der Waals surface area contributed by atoms with Crippen LogP contribution in [0.2, 0.25) is 0 Å². The second-order valence-electron chi connectivity index (χ2n) is 4.88. The summed E-state index contributed by atoms with van der Waals surface area (Å²) >= 11 is 0. The molecule has 0 aliphatic carbocycles. The molecule has 1 aromatic heterocycles. The monoisotopic (exact) mass is 295 g/mol. The van der Waals surface area contributed by atoms with Gasteiger partial charge in [-0.25, -0.2) is 4.98 Å². The maximum absolute atomic E-state index is 12.8. The number of hydrogen-bond donors (Lipinski definition) is 1. The Balaban J connectivity index is 2.15. The van der Waals surface area contributed by atoms with Gasteiger partial charge >= 0.3 is 6.55 Å². The van der Waals surface area contributed by atoms with E-state index in [2.05, 4.69) is 4.98 Å². The number of alkyl halides is 2. The molecule has 0 saturated carbocycles. The van der Waals surface area contributed by atoms with E-state index in [9.17, 15) is 13.9 Å². The first kappa shape index (κ1) is 15.6. The minimum absolute atomic E-state index is 0.0349. The predicted octanol–water partition coefficient (Wildman–Crippen LogP) is 2.83. The first-order valence-corrected chi connectivity index (χ1v) is 6.79. The summed E-state index contributed by atoms with van der Waals surface area (Å²) in [5.41, 5.74) is 1.05. The lowest BCUT2D eigenvalue weighted by atomic mass is 10.0. The Hall–Kier alpha value is -1.79. The molecule has 6 heteroatoms. The quantitative estimate of drug-likeness (QED) is 0.854. The van der Waals surface area contributed by atoms with Crippen LogP contribution in [0.3, 0.4) is 0 Å². The predicted molar refractivity (Wildman–Crippen MR) is 75.8 cm³/mol. The Morgan fingerprint density at radius 1 is 1.29 bits per heavy atom. The van der Waals surface area contributed by atoms with Gasteiger partial charge in [-0.15, -0.1) is 0 Å². The fourth-order valence-corrected chi connectivity index (χ4v) is 2.42. The molecule has 0 bridgehead atoms. The maximum atomic E-state index is 12.8. The summed E-state index contributed by atoms with van der Waals surface area (Å²) in [5.74, 6) is 0.311. The van der Waals surface area contributed by atoms with Gasteiger partial charge in [0.05, 0.1) is 6.54 Å². The Kier molecular flexibility index (Phi) is 5.41. The van der Waals surface area contributed by atoms with E-state index in [1.807, 2.05) is 42.3 Å². The molecule has 1 N–H and O–H groups in total. The van der Waals surface area contributed by atoms with E-state index in [4.69, 9.17) is 0 Å². The van der Waals surface area contributed by atoms with Crippen LogP contribution in [0.4, 0.5) is 8.78 Å². The molecule has 0 radical (unpaired) electrons. The van der Waals surface area contributed by atoms with Gasteiger partial charge in [0, 0.05) is 25.0 Å². The number of nitrogens with zero attached hydrogens (tertiary/aromatic N) is 3. The fraction of sp³-hybridized carbons (Fsp3) is 0.400. The van der Waals surface area contributed by atoms with Gasteiger partial charge in [0.2, 0.25) is 0 Å². The SMILES string of the molecule is CN(Cc1nccn1C(F)F)C(CCO)c1ccccc1. The zero-order valence-corrected chi connectivity index (χ0v) is 11.9. The molecule has 2 aromatic rings. The first-order valence-electron chi connectivity index (χ1n) is 6.79. The lowest BCUT2D eigenvalue weighted by Gasteiger charge is -2.28. The summed E-state index contributed by atoms with van der Waals surface area (Å²) in [6.45, 7) is -2.27. The molecule has 0 aliphatic rings. The first-order chi connectivity index (χ1) is 10.1. The third-order valence-corrected chi connectivity index (χ3v) is 3.47. The highest BCUT2D eigenvalue weighted by Crippen LogP contribution is 2.24. The molecule has 0 aliphatic heterocycles. The number of aliphatic hydroxyl groups is 1. The van der Waals surface area contributed by atoms with Crippen LogP contribution >= 0.6 is 0 Å². The third kappa shape index (κ3) is 3.86. The summed E-state index contributed by atoms with van der Waals surface area (Å²) in [4.78, 5) is 5.92. The van der Waals surface area contributed by atoms with E-state index in [0.29, 0.717) is 12.2 Å². The summed E-state index contributed by atoms with van der Waals surface area (Å²) in [5, 5.41) is 9.25. The van der Waals surface area contributed by atoms with Gasteiger partial charge in [0.25, 0.3) is 0 Å². The molecule has 4 nitrogen and oxygen atoms in total. The molecule has 21 heavy (non-hydrogen) atoms. The van der Waals surface area contributed by atoms with Gasteiger partial charge in [-0.1, -0.05) is 30.3 Å². The molecule has 0 spiro atoms. The Bertz CT molecular complexity index is 545. The highest BCUT2D eigenvalue weighted by Gasteiger charge is 2.20. The second kappa shape index (κ2) is 7.28. The average Bonchev–Trinajstić information content (AvgIpc) is 2.94. The van der Waals surface area contributed by atoms with Gasteiger partial charge in [0.1, 0.15) is 5.82 Å². The molecule has 0 saturated heterocycles. The summed E-state index contributed by atoms with van der Waals surface area (Å²) in [6, 6.07) is 9.66. The largest absolute Gasteiger partial charge is 0.396 e. The van der Waals surface area contributed by atoms with E-state index in [0.717, 1.165) is 10.1 Å². The summed E-state index contributed by atoms with van der Waals surface area (Å²) < 4.78 is 26.6. The standard InChI is InChI=1S/C15H19F2N3O/c1-19(11-14-18-8-9-20(14)15(16)17)13(7-10-21)12-5-3-2-4-6-12/h2-6,8-9,13,15,21H,7,10-11H2,1H3. The molecule has 114 valence electrons. The van der Waals surface area contributed by atoms with E-state index in [1.54, 1.807) is 0 Å². The van der Waals surface area contributed by atoms with Crippen LogP contribution in [0.15, 0.2) is 42.7 Å². The average molecular weight is 295 g/mol. The van der Waals surface area contributed by atoms with Crippen molar-refractivity contribution >= 4 is 0 Å². The normalized spacial score (nSPS) is 13.0. The Morgan fingerprint density at radius 2 is 2.00 bits per heavy atom. The van der Waals surface area contributed by atoms with Crippen molar-refractivity contribution in [3.05, 3.63) is 54.1 Å². The van der Waals surface area contributed by atoms with Crippen LogP contribution in [0.5, 0.6) is 0 Å². The molecule has 1 heterocycles. The van der Waals surface area contributed by atoms with Gasteiger partial charge in [-0.3, -0.25) is 9.47 Å². The van der Waals surface area contributed by atoms with E-state index < -0.39 is 6.55 Å². The van der Waals surface area contributed by atoms with Crippen molar-refractivity contribution in [2.75, 3.05) is 13.7 Å². The van der Waals surface area contributed by atoms with E-state index in [-0.39, 0.29) is 19.2 Å². The minimum Gasteiger partial charge on any atom is -0.396 e. The van der Waals surface area contributed by atoms with Crippen LogP contribution in [0, 0.1) is 0 Å². The number of aliphatic hydroxyl groups excluding tert-OH is 1. The summed E-state index contributed by atoms with van der Waals surface area (Å²) in [7, 11) is 1.85. The van der Waals surface area contributed by atoms with Crippen molar-refractivity contribution in [1.29, 1.82) is 0 Å². The minimum atomic E-state index is -2.59. The number of halogens is 2. The lowest BCUT2D eigenvalue weighted by molar-refractivity contribution is 0.0627. The lowest BCUT2D eigenvalue weighted by Crippen LogP contribution is -2.26. The molecule has 1 atom stereocenters. The highest BCUT2D eigenvalue weighted by atomic mass is 19.3. The van der Waals surface area contributed by atoms with Gasteiger partial charge in [-0.2, -0.15) is 8.78 Å². The van der Waals surface area contributed by atoms with Crippen molar-refractivity contribution in [2.24, 2.45) is 0 Å². The van der Waals surface area contributed by atoms with Crippen LogP contribution in [-0.4, -0.2) is 33.2 Å². The van der Waals surface area contributed by atoms with Gasteiger partial charge < -0.3 is 5.11 Å². The van der Waals surface area contributed by atoms with Crippen LogP contribution in [0.1, 0.15) is 30.4 Å². The van der Waals surface area contributed by atoms with E-state index in [1.165, 1.54) is 12.4 Å². The number of hydrogen-bond acceptors (Lipinski definition) is 3. The van der Waals surface area contributed by atoms with Crippen molar-refractivity contribution in [3.8, 4) is 0 Å². The third-order valence-electron chi connectivity index (χ3n) is 3.47. The molecule has 0 amide bonds. The molecular formula is C15H19F2N3O. The molecular weight excluding hydrogens is 276 g/mol. The Morgan fingerprint density at radius 3 is 2.62 bits per heavy atom. The molecule has 1 aromatic carbocycles.